The van der Waals surface area contributed by atoms with Crippen LogP contribution in [-0.4, -0.2) is 32.7 Å². The van der Waals surface area contributed by atoms with Gasteiger partial charge in [0, 0.05) is 5.75 Å². The molecule has 27 heavy (non-hydrogen) atoms. The molecule has 1 atom stereocenters. The molecule has 0 radical (unpaired) electrons. The lowest BCUT2D eigenvalue weighted by Crippen LogP contribution is -2.31. The number of para-hydroxylation sites is 2. The minimum Gasteiger partial charge on any atom is -0.383 e. The second kappa shape index (κ2) is 7.74. The van der Waals surface area contributed by atoms with Gasteiger partial charge in [0.1, 0.15) is 0 Å². The lowest BCUT2D eigenvalue weighted by Gasteiger charge is -2.18. The van der Waals surface area contributed by atoms with Crippen LogP contribution in [0, 0.1) is 0 Å². The lowest BCUT2D eigenvalue weighted by molar-refractivity contribution is -0.195. The summed E-state index contributed by atoms with van der Waals surface area (Å²) in [5, 5.41) is 9.82. The largest absolute Gasteiger partial charge is 0.415 e. The highest BCUT2D eigenvalue weighted by Gasteiger charge is 2.38. The summed E-state index contributed by atoms with van der Waals surface area (Å²) in [6.45, 7) is 1.93. The first kappa shape index (κ1) is 19.4. The summed E-state index contributed by atoms with van der Waals surface area (Å²) in [6.07, 6.45) is -6.58. The molecule has 0 spiro atoms. The fraction of sp³-hybridized carbons (Fsp3) is 0.263. The highest BCUT2D eigenvalue weighted by molar-refractivity contribution is 7.99. The van der Waals surface area contributed by atoms with E-state index in [1.54, 1.807) is 36.4 Å². The van der Waals surface area contributed by atoms with Crippen LogP contribution in [0.25, 0.3) is 16.6 Å². The van der Waals surface area contributed by atoms with Crippen molar-refractivity contribution in [2.75, 3.05) is 5.75 Å². The van der Waals surface area contributed by atoms with E-state index < -0.39 is 18.0 Å². The smallest absolute Gasteiger partial charge is 0.383 e. The second-order valence-electron chi connectivity index (χ2n) is 5.90. The molecule has 2 aromatic carbocycles. The number of alkyl halides is 3. The van der Waals surface area contributed by atoms with Crippen molar-refractivity contribution in [3.63, 3.8) is 0 Å². The van der Waals surface area contributed by atoms with Gasteiger partial charge in [-0.05, 0) is 30.2 Å². The van der Waals surface area contributed by atoms with Crippen molar-refractivity contribution in [1.82, 2.24) is 9.55 Å². The SMILES string of the molecule is CCc1ccccc1-n1c(SCC(O)C(F)(F)F)nc2ccccc2c1=O. The molecule has 1 heterocycles. The van der Waals surface area contributed by atoms with E-state index in [9.17, 15) is 23.1 Å². The fourth-order valence-corrected chi connectivity index (χ4v) is 3.67. The molecule has 3 aromatic rings. The van der Waals surface area contributed by atoms with Crippen molar-refractivity contribution < 1.29 is 18.3 Å². The highest BCUT2D eigenvalue weighted by atomic mass is 32.2. The van der Waals surface area contributed by atoms with E-state index in [0.717, 1.165) is 5.56 Å². The molecule has 0 bridgehead atoms. The minimum absolute atomic E-state index is 0.114. The summed E-state index contributed by atoms with van der Waals surface area (Å²) >= 11 is 0.707. The third-order valence-corrected chi connectivity index (χ3v) is 5.12. The number of thioether (sulfide) groups is 1. The Morgan fingerprint density at radius 3 is 2.52 bits per heavy atom. The number of halogens is 3. The zero-order valence-corrected chi connectivity index (χ0v) is 15.2. The normalized spacial score (nSPS) is 13.1. The van der Waals surface area contributed by atoms with E-state index >= 15 is 0 Å². The highest BCUT2D eigenvalue weighted by Crippen LogP contribution is 2.28. The molecule has 4 nitrogen and oxygen atoms in total. The molecule has 8 heteroatoms. The van der Waals surface area contributed by atoms with Gasteiger partial charge >= 0.3 is 6.18 Å². The maximum absolute atomic E-state index is 13.1. The minimum atomic E-state index is -4.73. The number of rotatable bonds is 5. The molecule has 1 aromatic heterocycles. The van der Waals surface area contributed by atoms with Crippen LogP contribution in [-0.2, 0) is 6.42 Å². The Bertz CT molecular complexity index is 1020. The maximum atomic E-state index is 13.1. The zero-order valence-electron chi connectivity index (χ0n) is 14.4. The van der Waals surface area contributed by atoms with E-state index in [2.05, 4.69) is 4.98 Å². The number of aliphatic hydroxyl groups excluding tert-OH is 1. The second-order valence-corrected chi connectivity index (χ2v) is 6.89. The third-order valence-electron chi connectivity index (χ3n) is 4.11. The van der Waals surface area contributed by atoms with Crippen LogP contribution in [0.4, 0.5) is 13.2 Å². The molecule has 0 saturated carbocycles. The average Bonchev–Trinajstić information content (AvgIpc) is 2.65. The monoisotopic (exact) mass is 394 g/mol. The Hall–Kier alpha value is -2.32. The van der Waals surface area contributed by atoms with Gasteiger partial charge in [-0.3, -0.25) is 9.36 Å². The Morgan fingerprint density at radius 1 is 1.15 bits per heavy atom. The molecule has 0 saturated heterocycles. The fourth-order valence-electron chi connectivity index (χ4n) is 2.70. The number of hydrogen-bond donors (Lipinski definition) is 1. The number of aryl methyl sites for hydroxylation is 1. The molecule has 142 valence electrons. The van der Waals surface area contributed by atoms with Gasteiger partial charge in [-0.1, -0.05) is 49.0 Å². The number of aliphatic hydroxyl groups is 1. The number of fused-ring (bicyclic) bond motifs is 1. The van der Waals surface area contributed by atoms with Crippen LogP contribution in [0.1, 0.15) is 12.5 Å². The number of aromatic nitrogens is 2. The average molecular weight is 394 g/mol. The van der Waals surface area contributed by atoms with Crippen molar-refractivity contribution in [3.8, 4) is 5.69 Å². The topological polar surface area (TPSA) is 55.1 Å². The van der Waals surface area contributed by atoms with Crippen LogP contribution >= 0.6 is 11.8 Å². The van der Waals surface area contributed by atoms with Crippen LogP contribution in [0.2, 0.25) is 0 Å². The summed E-state index contributed by atoms with van der Waals surface area (Å²) in [5.41, 5.74) is 1.49. The van der Waals surface area contributed by atoms with Crippen molar-refractivity contribution in [2.24, 2.45) is 0 Å². The first-order chi connectivity index (χ1) is 12.8. The van der Waals surface area contributed by atoms with Crippen LogP contribution < -0.4 is 5.56 Å². The van der Waals surface area contributed by atoms with E-state index in [4.69, 9.17) is 0 Å². The van der Waals surface area contributed by atoms with Crippen molar-refractivity contribution >= 4 is 22.7 Å². The number of benzene rings is 2. The van der Waals surface area contributed by atoms with Crippen molar-refractivity contribution in [1.29, 1.82) is 0 Å². The van der Waals surface area contributed by atoms with E-state index in [1.807, 2.05) is 19.1 Å². The van der Waals surface area contributed by atoms with Gasteiger partial charge in [-0.15, -0.1) is 0 Å². The summed E-state index contributed by atoms with van der Waals surface area (Å²) in [7, 11) is 0. The molecule has 0 aliphatic carbocycles. The summed E-state index contributed by atoms with van der Waals surface area (Å²) < 4.78 is 39.4. The van der Waals surface area contributed by atoms with Gasteiger partial charge in [-0.25, -0.2) is 4.98 Å². The van der Waals surface area contributed by atoms with Crippen LogP contribution in [0.3, 0.4) is 0 Å². The lowest BCUT2D eigenvalue weighted by atomic mass is 10.1. The quantitative estimate of drug-likeness (QED) is 0.526. The zero-order chi connectivity index (χ0) is 19.6. The Labute approximate surface area is 157 Å². The first-order valence-corrected chi connectivity index (χ1v) is 9.29. The summed E-state index contributed by atoms with van der Waals surface area (Å²) in [5.74, 6) is -0.650. The standard InChI is InChI=1S/C19H17F3N2O2S/c1-2-12-7-3-6-10-15(12)24-17(26)13-8-4-5-9-14(13)23-18(24)27-11-16(25)19(20,21)22/h3-10,16,25H,2,11H2,1H3. The molecule has 1 N–H and O–H groups in total. The molecular weight excluding hydrogens is 377 g/mol. The van der Waals surface area contributed by atoms with Gasteiger partial charge < -0.3 is 5.11 Å². The van der Waals surface area contributed by atoms with Crippen molar-refractivity contribution in [2.45, 2.75) is 30.8 Å². The molecular formula is C19H17F3N2O2S. The number of nitrogens with zero attached hydrogens (tertiary/aromatic N) is 2. The molecule has 0 aliphatic rings. The van der Waals surface area contributed by atoms with Gasteiger partial charge in [0.2, 0.25) is 0 Å². The van der Waals surface area contributed by atoms with E-state index in [-0.39, 0.29) is 10.7 Å². The molecule has 0 fully saturated rings. The Balaban J connectivity index is 2.17. The predicted octanol–water partition coefficient (Wildman–Crippen LogP) is 3.96. The molecule has 1 unspecified atom stereocenters. The van der Waals surface area contributed by atoms with E-state index in [1.165, 1.54) is 4.57 Å². The Morgan fingerprint density at radius 2 is 1.81 bits per heavy atom. The number of hydrogen-bond acceptors (Lipinski definition) is 4. The van der Waals surface area contributed by atoms with Crippen molar-refractivity contribution in [3.05, 3.63) is 64.4 Å². The van der Waals surface area contributed by atoms with E-state index in [0.29, 0.717) is 34.8 Å². The Kier molecular flexibility index (Phi) is 5.57. The third kappa shape index (κ3) is 4.01. The first-order valence-electron chi connectivity index (χ1n) is 8.30. The maximum Gasteiger partial charge on any atom is 0.415 e. The van der Waals surface area contributed by atoms with Crippen LogP contribution in [0.15, 0.2) is 58.5 Å². The molecule has 0 amide bonds. The van der Waals surface area contributed by atoms with Crippen LogP contribution in [0.5, 0.6) is 0 Å². The van der Waals surface area contributed by atoms with Gasteiger partial charge in [0.15, 0.2) is 11.3 Å². The summed E-state index contributed by atoms with van der Waals surface area (Å²) in [4.78, 5) is 17.5. The van der Waals surface area contributed by atoms with Gasteiger partial charge in [0.25, 0.3) is 5.56 Å². The van der Waals surface area contributed by atoms with Gasteiger partial charge in [-0.2, -0.15) is 13.2 Å². The summed E-state index contributed by atoms with van der Waals surface area (Å²) in [6, 6.07) is 13.9. The van der Waals surface area contributed by atoms with Gasteiger partial charge in [0.05, 0.1) is 16.6 Å². The molecule has 0 aliphatic heterocycles. The molecule has 3 rings (SSSR count). The predicted molar refractivity (Wildman–Crippen MR) is 99.5 cm³/mol.